The molecule has 2 heterocycles. The van der Waals surface area contributed by atoms with Gasteiger partial charge in [0.05, 0.1) is 24.5 Å². The van der Waals surface area contributed by atoms with E-state index in [1.165, 1.54) is 15.9 Å². The number of ether oxygens (including phenoxy) is 2. The summed E-state index contributed by atoms with van der Waals surface area (Å²) in [7, 11) is 0. The normalized spacial score (nSPS) is 13.8. The minimum absolute atomic E-state index is 0.0188. The molecule has 0 saturated carbocycles. The molecule has 0 aromatic carbocycles. The zero-order valence-corrected chi connectivity index (χ0v) is 19.9. The van der Waals surface area contributed by atoms with E-state index < -0.39 is 18.0 Å². The van der Waals surface area contributed by atoms with E-state index in [9.17, 15) is 14.4 Å². The third-order valence-corrected chi connectivity index (χ3v) is 7.09. The number of nitrogen functional groups attached to an aromatic ring is 1. The fraction of sp³-hybridized carbons (Fsp3) is 0.550. The molecule has 12 heteroatoms. The molecule has 1 aliphatic carbocycles. The van der Waals surface area contributed by atoms with Gasteiger partial charge in [-0.25, -0.2) is 4.79 Å². The lowest BCUT2D eigenvalue weighted by Gasteiger charge is -2.16. The van der Waals surface area contributed by atoms with E-state index in [1.807, 2.05) is 0 Å². The quantitative estimate of drug-likeness (QED) is 0.409. The van der Waals surface area contributed by atoms with Crippen molar-refractivity contribution in [3.05, 3.63) is 16.0 Å². The largest absolute Gasteiger partial charge is 0.465 e. The molecule has 1 atom stereocenters. The number of nitrogens with one attached hydrogen (secondary N) is 1. The molecule has 174 valence electrons. The number of carbonyl (C=O) groups excluding carboxylic acids is 3. The average Bonchev–Trinajstić information content (AvgIpc) is 3.31. The van der Waals surface area contributed by atoms with Crippen molar-refractivity contribution in [2.75, 3.05) is 30.0 Å². The van der Waals surface area contributed by atoms with Crippen LogP contribution < -0.4 is 11.1 Å². The molecule has 0 fully saturated rings. The average molecular weight is 482 g/mol. The fourth-order valence-corrected chi connectivity index (χ4v) is 5.58. The first-order valence-corrected chi connectivity index (χ1v) is 12.3. The van der Waals surface area contributed by atoms with Gasteiger partial charge in [0.1, 0.15) is 11.0 Å². The number of hydrogen-bond donors (Lipinski definition) is 2. The number of amides is 1. The first-order valence-electron chi connectivity index (χ1n) is 10.5. The van der Waals surface area contributed by atoms with Crippen LogP contribution in [-0.2, 0) is 31.9 Å². The summed E-state index contributed by atoms with van der Waals surface area (Å²) in [6, 6.07) is -0.774. The molecular weight excluding hydrogens is 454 g/mol. The highest BCUT2D eigenvalue weighted by Gasteiger charge is 2.29. The molecule has 1 unspecified atom stereocenters. The molecule has 32 heavy (non-hydrogen) atoms. The maximum absolute atomic E-state index is 13.1. The molecule has 3 rings (SSSR count). The van der Waals surface area contributed by atoms with Crippen molar-refractivity contribution in [2.24, 2.45) is 0 Å². The van der Waals surface area contributed by atoms with Crippen LogP contribution in [0.25, 0.3) is 0 Å². The van der Waals surface area contributed by atoms with Crippen LogP contribution in [0.4, 0.5) is 10.9 Å². The van der Waals surface area contributed by atoms with Crippen LogP contribution >= 0.6 is 23.1 Å². The topological polar surface area (TPSA) is 138 Å². The minimum Gasteiger partial charge on any atom is -0.465 e. The Bertz CT molecular complexity index is 1000. The van der Waals surface area contributed by atoms with Crippen molar-refractivity contribution < 1.29 is 23.9 Å². The lowest BCUT2D eigenvalue weighted by Crippen LogP contribution is -2.26. The van der Waals surface area contributed by atoms with Gasteiger partial charge in [0.15, 0.2) is 5.16 Å². The van der Waals surface area contributed by atoms with Gasteiger partial charge in [-0.15, -0.1) is 21.5 Å². The van der Waals surface area contributed by atoms with Crippen LogP contribution in [0.5, 0.6) is 0 Å². The van der Waals surface area contributed by atoms with E-state index >= 15 is 0 Å². The molecule has 0 saturated heterocycles. The van der Waals surface area contributed by atoms with Gasteiger partial charge in [-0.3, -0.25) is 14.2 Å². The van der Waals surface area contributed by atoms with Gasteiger partial charge in [0, 0.05) is 4.88 Å². The number of aromatic nitrogens is 3. The molecule has 1 aliphatic rings. The van der Waals surface area contributed by atoms with Crippen LogP contribution in [0.3, 0.4) is 0 Å². The van der Waals surface area contributed by atoms with E-state index in [0.29, 0.717) is 15.7 Å². The minimum atomic E-state index is -0.774. The number of rotatable bonds is 9. The maximum atomic E-state index is 13.1. The molecule has 1 amide bonds. The van der Waals surface area contributed by atoms with Gasteiger partial charge in [-0.1, -0.05) is 11.8 Å². The standard InChI is InChI=1S/C20H27N5O5S2/c1-4-29-14(26)10-31-20-24-23-19(21)25(20)11(3)16(27)22-17-15(18(28)30-5-2)12-8-6-7-9-13(12)32-17/h11H,4-10H2,1-3H3,(H2,21,23)(H,22,27). The maximum Gasteiger partial charge on any atom is 0.341 e. The highest BCUT2D eigenvalue weighted by atomic mass is 32.2. The Hall–Kier alpha value is -2.60. The Morgan fingerprint density at radius 3 is 2.62 bits per heavy atom. The van der Waals surface area contributed by atoms with Crippen molar-refractivity contribution in [3.63, 3.8) is 0 Å². The summed E-state index contributed by atoms with van der Waals surface area (Å²) in [6.45, 7) is 5.66. The van der Waals surface area contributed by atoms with Crippen LogP contribution in [0.2, 0.25) is 0 Å². The number of thioether (sulfide) groups is 1. The Balaban J connectivity index is 1.81. The fourth-order valence-electron chi connectivity index (χ4n) is 3.48. The van der Waals surface area contributed by atoms with Crippen LogP contribution in [0.1, 0.15) is 60.5 Å². The summed E-state index contributed by atoms with van der Waals surface area (Å²) in [5, 5.41) is 11.5. The molecule has 0 radical (unpaired) electrons. The Morgan fingerprint density at radius 1 is 1.19 bits per heavy atom. The van der Waals surface area contributed by atoms with Crippen molar-refractivity contribution in [3.8, 4) is 0 Å². The second-order valence-electron chi connectivity index (χ2n) is 7.11. The number of fused-ring (bicyclic) bond motifs is 1. The second kappa shape index (κ2) is 10.8. The highest BCUT2D eigenvalue weighted by molar-refractivity contribution is 7.99. The number of nitrogens with two attached hydrogens (primary N) is 1. The summed E-state index contributed by atoms with van der Waals surface area (Å²) in [5.41, 5.74) is 7.36. The van der Waals surface area contributed by atoms with E-state index in [0.717, 1.165) is 47.9 Å². The number of aryl methyl sites for hydroxylation is 1. The Kier molecular flexibility index (Phi) is 8.13. The van der Waals surface area contributed by atoms with E-state index in [4.69, 9.17) is 15.2 Å². The first kappa shape index (κ1) is 24.1. The van der Waals surface area contributed by atoms with Crippen LogP contribution in [0.15, 0.2) is 5.16 Å². The summed E-state index contributed by atoms with van der Waals surface area (Å²) < 4.78 is 11.6. The van der Waals surface area contributed by atoms with E-state index in [1.54, 1.807) is 20.8 Å². The molecule has 2 aromatic rings. The smallest absolute Gasteiger partial charge is 0.341 e. The molecule has 0 bridgehead atoms. The van der Waals surface area contributed by atoms with Gasteiger partial charge < -0.3 is 20.5 Å². The zero-order valence-electron chi connectivity index (χ0n) is 18.3. The van der Waals surface area contributed by atoms with Crippen molar-refractivity contribution in [1.82, 2.24) is 14.8 Å². The van der Waals surface area contributed by atoms with E-state index in [2.05, 4.69) is 15.5 Å². The second-order valence-corrected chi connectivity index (χ2v) is 9.15. The van der Waals surface area contributed by atoms with Crippen LogP contribution in [0, 0.1) is 0 Å². The molecule has 2 aromatic heterocycles. The van der Waals surface area contributed by atoms with Gasteiger partial charge in [0.25, 0.3) is 0 Å². The zero-order chi connectivity index (χ0) is 23.3. The van der Waals surface area contributed by atoms with Crippen molar-refractivity contribution >= 4 is 51.9 Å². The number of thiophene rings is 1. The monoisotopic (exact) mass is 481 g/mol. The summed E-state index contributed by atoms with van der Waals surface area (Å²) in [5.74, 6) is -1.13. The highest BCUT2D eigenvalue weighted by Crippen LogP contribution is 2.39. The molecule has 3 N–H and O–H groups in total. The lowest BCUT2D eigenvalue weighted by atomic mass is 9.95. The summed E-state index contributed by atoms with van der Waals surface area (Å²) in [4.78, 5) is 38.5. The Labute approximate surface area is 194 Å². The van der Waals surface area contributed by atoms with E-state index in [-0.39, 0.29) is 30.8 Å². The van der Waals surface area contributed by atoms with Crippen LogP contribution in [-0.4, -0.2) is 51.6 Å². The van der Waals surface area contributed by atoms with Crippen molar-refractivity contribution in [1.29, 1.82) is 0 Å². The predicted octanol–water partition coefficient (Wildman–Crippen LogP) is 2.83. The number of anilines is 2. The van der Waals surface area contributed by atoms with Gasteiger partial charge >= 0.3 is 11.9 Å². The predicted molar refractivity (Wildman–Crippen MR) is 122 cm³/mol. The molecular formula is C20H27N5O5S2. The van der Waals surface area contributed by atoms with Gasteiger partial charge in [-0.05, 0) is 52.0 Å². The molecule has 0 aliphatic heterocycles. The van der Waals surface area contributed by atoms with Crippen molar-refractivity contribution in [2.45, 2.75) is 57.7 Å². The van der Waals surface area contributed by atoms with Gasteiger partial charge in [-0.2, -0.15) is 0 Å². The molecule has 10 nitrogen and oxygen atoms in total. The summed E-state index contributed by atoms with van der Waals surface area (Å²) >= 11 is 2.50. The SMILES string of the molecule is CCOC(=O)CSc1nnc(N)n1C(C)C(=O)Nc1sc2c(c1C(=O)OCC)CCCC2. The number of nitrogens with zero attached hydrogens (tertiary/aromatic N) is 3. The summed E-state index contributed by atoms with van der Waals surface area (Å²) in [6.07, 6.45) is 3.72. The number of carbonyl (C=O) groups is 3. The number of esters is 2. The molecule has 0 spiro atoms. The first-order chi connectivity index (χ1) is 15.4. The number of hydrogen-bond acceptors (Lipinski definition) is 10. The lowest BCUT2D eigenvalue weighted by molar-refractivity contribution is -0.139. The Morgan fingerprint density at radius 2 is 1.91 bits per heavy atom. The third kappa shape index (κ3) is 5.23. The van der Waals surface area contributed by atoms with Gasteiger partial charge in [0.2, 0.25) is 11.9 Å². The third-order valence-electron chi connectivity index (χ3n) is 4.97.